The van der Waals surface area contributed by atoms with E-state index in [0.717, 1.165) is 0 Å². The van der Waals surface area contributed by atoms with E-state index in [-0.39, 0.29) is 28.3 Å². The van der Waals surface area contributed by atoms with Crippen molar-refractivity contribution in [2.75, 3.05) is 0 Å². The molecule has 0 saturated carbocycles. The molecule has 5 aromatic rings. The Kier molecular flexibility index (Phi) is 7.82. The Balaban J connectivity index is 1.70. The highest BCUT2D eigenvalue weighted by molar-refractivity contribution is 7.85. The Morgan fingerprint density at radius 1 is 0.595 bits per heavy atom. The Labute approximate surface area is 243 Å². The number of hydrogen-bond acceptors (Lipinski definition) is 5. The van der Waals surface area contributed by atoms with Gasteiger partial charge in [-0.15, -0.1) is 0 Å². The van der Waals surface area contributed by atoms with Crippen molar-refractivity contribution >= 4 is 34.4 Å². The molecule has 198 valence electrons. The number of nitriles is 2. The van der Waals surface area contributed by atoms with Crippen LogP contribution in [0.3, 0.4) is 0 Å². The van der Waals surface area contributed by atoms with Gasteiger partial charge in [0.25, 0.3) is 0 Å². The quantitative estimate of drug-likeness (QED) is 0.149. The topological polar surface area (TPSA) is 91.8 Å². The van der Waals surface area contributed by atoms with Gasteiger partial charge < -0.3 is 14.0 Å². The van der Waals surface area contributed by atoms with Crippen LogP contribution in [0.15, 0.2) is 115 Å². The van der Waals surface area contributed by atoms with Crippen molar-refractivity contribution in [1.82, 2.24) is 0 Å². The summed E-state index contributed by atoms with van der Waals surface area (Å²) in [6, 6.07) is 36.2. The fourth-order valence-electron chi connectivity index (χ4n) is 4.39. The van der Waals surface area contributed by atoms with Crippen molar-refractivity contribution in [3.8, 4) is 35.1 Å². The molecule has 8 heteroatoms. The lowest BCUT2D eigenvalue weighted by Crippen LogP contribution is -2.26. The summed E-state index contributed by atoms with van der Waals surface area (Å²) >= 11 is 0. The Morgan fingerprint density at radius 3 is 1.74 bits per heavy atom. The molecule has 0 aliphatic carbocycles. The summed E-state index contributed by atoms with van der Waals surface area (Å²) in [7, 11) is -3.56. The first-order chi connectivity index (χ1) is 20.5. The van der Waals surface area contributed by atoms with E-state index in [0.29, 0.717) is 33.2 Å². The zero-order valence-corrected chi connectivity index (χ0v) is 22.8. The zero-order chi connectivity index (χ0) is 29.5. The van der Waals surface area contributed by atoms with Crippen LogP contribution >= 0.6 is 7.14 Å². The Morgan fingerprint density at radius 2 is 1.14 bits per heavy atom. The van der Waals surface area contributed by atoms with E-state index in [1.165, 1.54) is 24.3 Å². The molecule has 0 N–H and O–H groups in total. The van der Waals surface area contributed by atoms with Gasteiger partial charge in [0.2, 0.25) is 0 Å². The monoisotopic (exact) mass is 562 g/mol. The highest BCUT2D eigenvalue weighted by Gasteiger charge is 2.33. The van der Waals surface area contributed by atoms with E-state index in [4.69, 9.17) is 22.6 Å². The van der Waals surface area contributed by atoms with E-state index in [1.54, 1.807) is 54.6 Å². The minimum absolute atomic E-state index is 0.157. The summed E-state index contributed by atoms with van der Waals surface area (Å²) in [5.74, 6) is 1.25. The lowest BCUT2D eigenvalue weighted by molar-refractivity contribution is 0.472. The van der Waals surface area contributed by atoms with Crippen molar-refractivity contribution < 1.29 is 14.0 Å². The molecule has 5 rings (SSSR count). The molecular weight excluding hydrogens is 543 g/mol. The third kappa shape index (κ3) is 5.34. The molecular formula is C34H19N4O3P. The van der Waals surface area contributed by atoms with Crippen molar-refractivity contribution in [3.05, 3.63) is 149 Å². The van der Waals surface area contributed by atoms with Crippen LogP contribution in [0.2, 0.25) is 0 Å². The fourth-order valence-corrected chi connectivity index (χ4v) is 7.16. The normalized spacial score (nSPS) is 10.4. The van der Waals surface area contributed by atoms with Gasteiger partial charge in [0, 0.05) is 10.6 Å². The van der Waals surface area contributed by atoms with Gasteiger partial charge in [0.05, 0.1) is 29.6 Å². The van der Waals surface area contributed by atoms with Gasteiger partial charge in [0.15, 0.2) is 18.5 Å². The molecule has 0 unspecified atom stereocenters. The summed E-state index contributed by atoms with van der Waals surface area (Å²) in [5, 5.41) is 20.3. The maximum absolute atomic E-state index is 15.3. The summed E-state index contributed by atoms with van der Waals surface area (Å²) in [6.07, 6.45) is 0. The molecule has 0 heterocycles. The average molecular weight is 563 g/mol. The lowest BCUT2D eigenvalue weighted by Gasteiger charge is -2.23. The predicted molar refractivity (Wildman–Crippen MR) is 161 cm³/mol. The molecule has 0 aromatic heterocycles. The minimum atomic E-state index is -3.56. The third-order valence-electron chi connectivity index (χ3n) is 6.39. The van der Waals surface area contributed by atoms with Crippen molar-refractivity contribution in [3.63, 3.8) is 0 Å². The van der Waals surface area contributed by atoms with Crippen LogP contribution in [-0.2, 0) is 4.57 Å². The molecule has 7 nitrogen and oxygen atoms in total. The van der Waals surface area contributed by atoms with Crippen molar-refractivity contribution in [2.24, 2.45) is 0 Å². The van der Waals surface area contributed by atoms with Crippen LogP contribution in [0.25, 0.3) is 9.69 Å². The van der Waals surface area contributed by atoms with E-state index in [1.807, 2.05) is 48.5 Å². The van der Waals surface area contributed by atoms with Crippen LogP contribution in [0.5, 0.6) is 23.0 Å². The average Bonchev–Trinajstić information content (AvgIpc) is 3.05. The molecule has 0 radical (unpaired) electrons. The third-order valence-corrected chi connectivity index (χ3v) is 9.47. The number of benzene rings is 5. The molecule has 0 amide bonds. The van der Waals surface area contributed by atoms with Gasteiger partial charge in [-0.05, 0) is 48.5 Å². The first kappa shape index (κ1) is 27.5. The highest BCUT2D eigenvalue weighted by atomic mass is 31.2. The zero-order valence-electron chi connectivity index (χ0n) is 21.9. The minimum Gasteiger partial charge on any atom is -0.459 e. The maximum Gasteiger partial charge on any atom is 0.198 e. The second kappa shape index (κ2) is 12.0. The Bertz CT molecular complexity index is 1970. The summed E-state index contributed by atoms with van der Waals surface area (Å²) < 4.78 is 27.7. The number of ether oxygens (including phenoxy) is 2. The van der Waals surface area contributed by atoms with Gasteiger partial charge >= 0.3 is 0 Å². The van der Waals surface area contributed by atoms with E-state index < -0.39 is 7.14 Å². The smallest absolute Gasteiger partial charge is 0.198 e. The van der Waals surface area contributed by atoms with Gasteiger partial charge in [0.1, 0.15) is 35.1 Å². The molecule has 42 heavy (non-hydrogen) atoms. The number of nitrogens with zero attached hydrogens (tertiary/aromatic N) is 4. The molecule has 0 fully saturated rings. The fraction of sp³-hybridized carbons (Fsp3) is 0. The van der Waals surface area contributed by atoms with Gasteiger partial charge in [-0.25, -0.2) is 4.85 Å². The number of rotatable bonds is 7. The van der Waals surface area contributed by atoms with Gasteiger partial charge in [-0.1, -0.05) is 66.7 Å². The van der Waals surface area contributed by atoms with Gasteiger partial charge in [-0.3, -0.25) is 4.85 Å². The largest absolute Gasteiger partial charge is 0.459 e. The van der Waals surface area contributed by atoms with Crippen LogP contribution in [-0.4, -0.2) is 0 Å². The van der Waals surface area contributed by atoms with E-state index in [2.05, 4.69) is 9.69 Å². The van der Waals surface area contributed by atoms with Crippen LogP contribution in [0.4, 0.5) is 11.4 Å². The summed E-state index contributed by atoms with van der Waals surface area (Å²) in [6.45, 7) is 14.7. The first-order valence-electron chi connectivity index (χ1n) is 12.5. The van der Waals surface area contributed by atoms with Crippen LogP contribution in [0, 0.1) is 35.8 Å². The molecule has 0 atom stereocenters. The molecule has 0 saturated heterocycles. The van der Waals surface area contributed by atoms with E-state index >= 15 is 4.57 Å². The highest BCUT2D eigenvalue weighted by Crippen LogP contribution is 2.47. The molecule has 0 aliphatic rings. The summed E-state index contributed by atoms with van der Waals surface area (Å²) in [5.41, 5.74) is 0.759. The molecule has 0 aliphatic heterocycles. The SMILES string of the molecule is [C-]#[N+]c1ccc(Oc2ccc(Oc3ccc(C#N)c(C#N)c3)c(P(=O)(c3ccccc3)c3ccccc3)c2)cc1[N+]#[C-]. The number of hydrogen-bond donors (Lipinski definition) is 0. The lowest BCUT2D eigenvalue weighted by atomic mass is 10.1. The molecule has 0 spiro atoms. The first-order valence-corrected chi connectivity index (χ1v) is 14.3. The molecule has 0 bridgehead atoms. The van der Waals surface area contributed by atoms with Crippen molar-refractivity contribution in [2.45, 2.75) is 0 Å². The van der Waals surface area contributed by atoms with E-state index in [9.17, 15) is 10.5 Å². The van der Waals surface area contributed by atoms with Crippen LogP contribution in [0.1, 0.15) is 11.1 Å². The van der Waals surface area contributed by atoms with Crippen molar-refractivity contribution in [1.29, 1.82) is 10.5 Å². The molecule has 5 aromatic carbocycles. The maximum atomic E-state index is 15.3. The predicted octanol–water partition coefficient (Wildman–Crippen LogP) is 7.76. The summed E-state index contributed by atoms with van der Waals surface area (Å²) in [4.78, 5) is 6.78. The van der Waals surface area contributed by atoms with Gasteiger partial charge in [-0.2, -0.15) is 10.5 Å². The standard InChI is InChI=1S/C34H19N4O3P/c1-37-31-17-15-27(20-32(31)38-2)40-28-16-18-33(41-26-14-13-24(22-35)25(19-26)23-36)34(21-28)42(39,29-9-5-3-6-10-29)30-11-7-4-8-12-30/h3-21H. The van der Waals surface area contributed by atoms with Crippen LogP contribution < -0.4 is 25.4 Å². The Hall–Kier alpha value is -6.11. The second-order valence-electron chi connectivity index (χ2n) is 8.92. The second-order valence-corrected chi connectivity index (χ2v) is 11.7.